The van der Waals surface area contributed by atoms with Gasteiger partial charge in [0.2, 0.25) is 10.0 Å². The van der Waals surface area contributed by atoms with E-state index in [0.29, 0.717) is 10.9 Å². The second-order valence-electron chi connectivity index (χ2n) is 5.96. The third-order valence-electron chi connectivity index (χ3n) is 3.72. The molecule has 0 bridgehead atoms. The monoisotopic (exact) mass is 310 g/mol. The molecule has 1 aliphatic rings. The number of hydrogen-bond donors (Lipinski definition) is 2. The topological polar surface area (TPSA) is 58.2 Å². The van der Waals surface area contributed by atoms with Gasteiger partial charge in [-0.3, -0.25) is 0 Å². The van der Waals surface area contributed by atoms with Crippen LogP contribution in [0.3, 0.4) is 0 Å². The quantitative estimate of drug-likeness (QED) is 0.686. The fourth-order valence-electron chi connectivity index (χ4n) is 2.28. The van der Waals surface area contributed by atoms with Gasteiger partial charge in [0.05, 0.1) is 4.90 Å². The summed E-state index contributed by atoms with van der Waals surface area (Å²) in [5, 5.41) is 3.42. The van der Waals surface area contributed by atoms with Crippen LogP contribution in [0.5, 0.6) is 0 Å². The van der Waals surface area contributed by atoms with Gasteiger partial charge in [-0.1, -0.05) is 26.2 Å². The molecule has 5 heteroatoms. The summed E-state index contributed by atoms with van der Waals surface area (Å²) in [4.78, 5) is 0.346. The predicted molar refractivity (Wildman–Crippen MR) is 87.0 cm³/mol. The Morgan fingerprint density at radius 3 is 2.43 bits per heavy atom. The van der Waals surface area contributed by atoms with Crippen LogP contribution in [0.2, 0.25) is 0 Å². The van der Waals surface area contributed by atoms with E-state index >= 15 is 0 Å². The van der Waals surface area contributed by atoms with Gasteiger partial charge in [-0.2, -0.15) is 0 Å². The molecule has 0 saturated heterocycles. The highest BCUT2D eigenvalue weighted by atomic mass is 32.2. The molecule has 0 spiro atoms. The molecule has 0 heterocycles. The smallest absolute Gasteiger partial charge is 0.240 e. The Hall–Kier alpha value is -1.07. The van der Waals surface area contributed by atoms with Crippen molar-refractivity contribution in [3.05, 3.63) is 24.3 Å². The Kier molecular flexibility index (Phi) is 5.65. The van der Waals surface area contributed by atoms with Crippen molar-refractivity contribution >= 4 is 15.7 Å². The molecule has 2 N–H and O–H groups in total. The molecular formula is C16H26N2O2S. The van der Waals surface area contributed by atoms with Crippen molar-refractivity contribution in [2.75, 3.05) is 5.32 Å². The Labute approximate surface area is 128 Å². The summed E-state index contributed by atoms with van der Waals surface area (Å²) in [6.07, 6.45) is 6.76. The second-order valence-corrected chi connectivity index (χ2v) is 7.68. The van der Waals surface area contributed by atoms with Gasteiger partial charge in [0.15, 0.2) is 0 Å². The summed E-state index contributed by atoms with van der Waals surface area (Å²) < 4.78 is 26.8. The summed E-state index contributed by atoms with van der Waals surface area (Å²) in [7, 11) is -3.34. The van der Waals surface area contributed by atoms with Crippen LogP contribution in [0.25, 0.3) is 0 Å². The van der Waals surface area contributed by atoms with Gasteiger partial charge in [-0.25, -0.2) is 13.1 Å². The van der Waals surface area contributed by atoms with E-state index in [1.165, 1.54) is 19.3 Å². The molecule has 1 fully saturated rings. The Morgan fingerprint density at radius 1 is 1.19 bits per heavy atom. The fourth-order valence-corrected chi connectivity index (χ4v) is 3.58. The first kappa shape index (κ1) is 16.3. The minimum absolute atomic E-state index is 0.145. The number of rotatable bonds is 9. The molecule has 21 heavy (non-hydrogen) atoms. The van der Waals surface area contributed by atoms with E-state index in [9.17, 15) is 8.42 Å². The summed E-state index contributed by atoms with van der Waals surface area (Å²) in [6, 6.07) is 7.59. The first-order valence-corrected chi connectivity index (χ1v) is 9.38. The van der Waals surface area contributed by atoms with E-state index in [1.54, 1.807) is 12.1 Å². The number of nitrogens with one attached hydrogen (secondary N) is 2. The average Bonchev–Trinajstić information content (AvgIpc) is 3.23. The Bertz CT molecular complexity index is 536. The minimum atomic E-state index is -3.34. The van der Waals surface area contributed by atoms with E-state index in [2.05, 4.69) is 23.9 Å². The van der Waals surface area contributed by atoms with Crippen molar-refractivity contribution < 1.29 is 8.42 Å². The average molecular weight is 310 g/mol. The molecule has 0 aromatic heterocycles. The lowest BCUT2D eigenvalue weighted by molar-refractivity contribution is 0.581. The zero-order valence-corrected chi connectivity index (χ0v) is 13.7. The molecule has 118 valence electrons. The highest BCUT2D eigenvalue weighted by molar-refractivity contribution is 7.89. The van der Waals surface area contributed by atoms with Gasteiger partial charge in [0, 0.05) is 17.8 Å². The van der Waals surface area contributed by atoms with Gasteiger partial charge in [-0.15, -0.1) is 0 Å². The zero-order valence-electron chi connectivity index (χ0n) is 12.9. The van der Waals surface area contributed by atoms with Crippen molar-refractivity contribution in [1.82, 2.24) is 4.72 Å². The number of anilines is 1. The maximum Gasteiger partial charge on any atom is 0.240 e. The lowest BCUT2D eigenvalue weighted by Gasteiger charge is -2.15. The normalized spacial score (nSPS) is 16.7. The van der Waals surface area contributed by atoms with Crippen molar-refractivity contribution in [3.63, 3.8) is 0 Å². The minimum Gasteiger partial charge on any atom is -0.383 e. The molecule has 4 nitrogen and oxygen atoms in total. The maximum atomic E-state index is 12.1. The third-order valence-corrected chi connectivity index (χ3v) is 5.25. The molecule has 1 saturated carbocycles. The van der Waals surface area contributed by atoms with Crippen molar-refractivity contribution in [2.45, 2.75) is 69.4 Å². The highest BCUT2D eigenvalue weighted by Crippen LogP contribution is 2.23. The van der Waals surface area contributed by atoms with Crippen molar-refractivity contribution in [1.29, 1.82) is 0 Å². The Balaban J connectivity index is 1.89. The van der Waals surface area contributed by atoms with Crippen LogP contribution in [-0.2, 0) is 10.0 Å². The molecule has 2 rings (SSSR count). The SMILES string of the molecule is CCCCCC(C)Nc1ccc(S(=O)(=O)NC2CC2)cc1. The summed E-state index contributed by atoms with van der Waals surface area (Å²) in [6.45, 7) is 4.36. The van der Waals surface area contributed by atoms with Gasteiger partial charge in [-0.05, 0) is 50.5 Å². The number of unbranched alkanes of at least 4 members (excludes halogenated alkanes) is 2. The van der Waals surface area contributed by atoms with E-state index < -0.39 is 10.0 Å². The van der Waals surface area contributed by atoms with Gasteiger partial charge >= 0.3 is 0 Å². The van der Waals surface area contributed by atoms with Gasteiger partial charge in [0.25, 0.3) is 0 Å². The number of sulfonamides is 1. The number of benzene rings is 1. The summed E-state index contributed by atoms with van der Waals surface area (Å²) >= 11 is 0. The van der Waals surface area contributed by atoms with Crippen LogP contribution in [-0.4, -0.2) is 20.5 Å². The largest absolute Gasteiger partial charge is 0.383 e. The number of hydrogen-bond acceptors (Lipinski definition) is 3. The van der Waals surface area contributed by atoms with Crippen LogP contribution >= 0.6 is 0 Å². The molecule has 1 aliphatic carbocycles. The zero-order chi connectivity index (χ0) is 15.3. The van der Waals surface area contributed by atoms with E-state index in [1.807, 2.05) is 12.1 Å². The first-order valence-electron chi connectivity index (χ1n) is 7.90. The van der Waals surface area contributed by atoms with Crippen LogP contribution in [0, 0.1) is 0 Å². The molecule has 0 aliphatic heterocycles. The maximum absolute atomic E-state index is 12.1. The molecule has 0 amide bonds. The molecular weight excluding hydrogens is 284 g/mol. The standard InChI is InChI=1S/C16H26N2O2S/c1-3-4-5-6-13(2)17-14-9-11-16(12-10-14)21(19,20)18-15-7-8-15/h9-13,15,17-18H,3-8H2,1-2H3. The van der Waals surface area contributed by atoms with Crippen LogP contribution in [0.4, 0.5) is 5.69 Å². The Morgan fingerprint density at radius 2 is 1.86 bits per heavy atom. The first-order chi connectivity index (χ1) is 10.0. The van der Waals surface area contributed by atoms with E-state index in [4.69, 9.17) is 0 Å². The van der Waals surface area contributed by atoms with Crippen molar-refractivity contribution in [2.24, 2.45) is 0 Å². The van der Waals surface area contributed by atoms with E-state index in [0.717, 1.165) is 24.9 Å². The fraction of sp³-hybridized carbons (Fsp3) is 0.625. The summed E-state index contributed by atoms with van der Waals surface area (Å²) in [5.41, 5.74) is 0.976. The molecule has 1 aromatic rings. The molecule has 0 radical (unpaired) electrons. The van der Waals surface area contributed by atoms with Crippen LogP contribution in [0.1, 0.15) is 52.4 Å². The van der Waals surface area contributed by atoms with Crippen LogP contribution in [0.15, 0.2) is 29.2 Å². The van der Waals surface area contributed by atoms with Gasteiger partial charge in [0.1, 0.15) is 0 Å². The summed E-state index contributed by atoms with van der Waals surface area (Å²) in [5.74, 6) is 0. The lowest BCUT2D eigenvalue weighted by atomic mass is 10.1. The van der Waals surface area contributed by atoms with Crippen molar-refractivity contribution in [3.8, 4) is 0 Å². The molecule has 1 aromatic carbocycles. The molecule has 1 atom stereocenters. The molecule has 1 unspecified atom stereocenters. The second kappa shape index (κ2) is 7.27. The lowest BCUT2D eigenvalue weighted by Crippen LogP contribution is -2.25. The van der Waals surface area contributed by atoms with Crippen LogP contribution < -0.4 is 10.0 Å². The predicted octanol–water partition coefficient (Wildman–Crippen LogP) is 3.51. The third kappa shape index (κ3) is 5.32. The highest BCUT2D eigenvalue weighted by Gasteiger charge is 2.27. The van der Waals surface area contributed by atoms with Gasteiger partial charge < -0.3 is 5.32 Å². The van der Waals surface area contributed by atoms with E-state index in [-0.39, 0.29) is 6.04 Å².